The zero-order valence-electron chi connectivity index (χ0n) is 12.0. The SMILES string of the molecule is Cc1ccc(OCCC(=O)Nc2cc(C)nn2C)cc1. The first-order valence-electron chi connectivity index (χ1n) is 6.54. The number of carbonyl (C=O) groups is 1. The number of benzene rings is 1. The first-order valence-corrected chi connectivity index (χ1v) is 6.54. The fourth-order valence-electron chi connectivity index (χ4n) is 1.83. The third-order valence-corrected chi connectivity index (χ3v) is 2.89. The second-order valence-corrected chi connectivity index (χ2v) is 4.75. The van der Waals surface area contributed by atoms with Crippen LogP contribution in [-0.4, -0.2) is 22.3 Å². The maximum atomic E-state index is 11.8. The molecule has 0 atom stereocenters. The summed E-state index contributed by atoms with van der Waals surface area (Å²) in [4.78, 5) is 11.8. The fraction of sp³-hybridized carbons (Fsp3) is 0.333. The maximum absolute atomic E-state index is 11.8. The first-order chi connectivity index (χ1) is 9.54. The van der Waals surface area contributed by atoms with Gasteiger partial charge in [0.25, 0.3) is 0 Å². The Morgan fingerprint density at radius 3 is 2.60 bits per heavy atom. The lowest BCUT2D eigenvalue weighted by atomic mass is 10.2. The molecule has 0 unspecified atom stereocenters. The van der Waals surface area contributed by atoms with Crippen LogP contribution in [0.3, 0.4) is 0 Å². The fourth-order valence-corrected chi connectivity index (χ4v) is 1.83. The van der Waals surface area contributed by atoms with Crippen LogP contribution in [0.5, 0.6) is 5.75 Å². The van der Waals surface area contributed by atoms with Crippen molar-refractivity contribution in [2.75, 3.05) is 11.9 Å². The van der Waals surface area contributed by atoms with E-state index in [9.17, 15) is 4.79 Å². The van der Waals surface area contributed by atoms with Gasteiger partial charge in [0, 0.05) is 13.1 Å². The molecular formula is C15H19N3O2. The molecule has 0 aliphatic carbocycles. The van der Waals surface area contributed by atoms with Crippen molar-refractivity contribution < 1.29 is 9.53 Å². The topological polar surface area (TPSA) is 56.1 Å². The molecule has 0 saturated carbocycles. The lowest BCUT2D eigenvalue weighted by Crippen LogP contribution is -2.17. The second kappa shape index (κ2) is 6.23. The van der Waals surface area contributed by atoms with Gasteiger partial charge >= 0.3 is 0 Å². The molecule has 0 fully saturated rings. The lowest BCUT2D eigenvalue weighted by Gasteiger charge is -2.07. The van der Waals surface area contributed by atoms with Crippen LogP contribution in [0.25, 0.3) is 0 Å². The Kier molecular flexibility index (Phi) is 4.40. The molecule has 0 bridgehead atoms. The summed E-state index contributed by atoms with van der Waals surface area (Å²) >= 11 is 0. The highest BCUT2D eigenvalue weighted by Gasteiger charge is 2.07. The van der Waals surface area contributed by atoms with Crippen LogP contribution >= 0.6 is 0 Å². The van der Waals surface area contributed by atoms with Crippen molar-refractivity contribution in [3.8, 4) is 5.75 Å². The number of ether oxygens (including phenoxy) is 1. The van der Waals surface area contributed by atoms with Crippen molar-refractivity contribution in [1.29, 1.82) is 0 Å². The third kappa shape index (κ3) is 3.85. The quantitative estimate of drug-likeness (QED) is 0.910. The predicted molar refractivity (Wildman–Crippen MR) is 77.9 cm³/mol. The van der Waals surface area contributed by atoms with Crippen molar-refractivity contribution in [1.82, 2.24) is 9.78 Å². The summed E-state index contributed by atoms with van der Waals surface area (Å²) in [5.74, 6) is 1.39. The molecule has 1 N–H and O–H groups in total. The standard InChI is InChI=1S/C15H19N3O2/c1-11-4-6-13(7-5-11)20-9-8-15(19)16-14-10-12(2)17-18(14)3/h4-7,10H,8-9H2,1-3H3,(H,16,19). The Bertz CT molecular complexity index is 588. The zero-order valence-corrected chi connectivity index (χ0v) is 12.0. The average molecular weight is 273 g/mol. The molecule has 0 aliphatic rings. The molecule has 1 aromatic carbocycles. The number of rotatable bonds is 5. The van der Waals surface area contributed by atoms with E-state index < -0.39 is 0 Å². The average Bonchev–Trinajstić information content (AvgIpc) is 2.70. The number of carbonyl (C=O) groups excluding carboxylic acids is 1. The van der Waals surface area contributed by atoms with Crippen LogP contribution in [-0.2, 0) is 11.8 Å². The van der Waals surface area contributed by atoms with Crippen molar-refractivity contribution in [2.45, 2.75) is 20.3 Å². The van der Waals surface area contributed by atoms with Crippen LogP contribution in [0.15, 0.2) is 30.3 Å². The van der Waals surface area contributed by atoms with Crippen LogP contribution in [0, 0.1) is 13.8 Å². The molecule has 1 aromatic heterocycles. The van der Waals surface area contributed by atoms with E-state index in [1.807, 2.05) is 44.2 Å². The van der Waals surface area contributed by atoms with Gasteiger partial charge in [0.1, 0.15) is 11.6 Å². The predicted octanol–water partition coefficient (Wildman–Crippen LogP) is 2.44. The molecule has 2 aromatic rings. The van der Waals surface area contributed by atoms with E-state index in [-0.39, 0.29) is 5.91 Å². The zero-order chi connectivity index (χ0) is 14.5. The minimum Gasteiger partial charge on any atom is -0.493 e. The van der Waals surface area contributed by atoms with Gasteiger partial charge in [0.05, 0.1) is 18.7 Å². The van der Waals surface area contributed by atoms with Crippen LogP contribution < -0.4 is 10.1 Å². The summed E-state index contributed by atoms with van der Waals surface area (Å²) in [6.45, 7) is 4.26. The van der Waals surface area contributed by atoms with E-state index in [1.54, 1.807) is 11.7 Å². The molecular weight excluding hydrogens is 254 g/mol. The maximum Gasteiger partial charge on any atom is 0.228 e. The summed E-state index contributed by atoms with van der Waals surface area (Å²) < 4.78 is 7.17. The van der Waals surface area contributed by atoms with E-state index in [2.05, 4.69) is 10.4 Å². The van der Waals surface area contributed by atoms with Gasteiger partial charge in [-0.25, -0.2) is 0 Å². The highest BCUT2D eigenvalue weighted by molar-refractivity contribution is 5.89. The Morgan fingerprint density at radius 2 is 2.00 bits per heavy atom. The molecule has 0 radical (unpaired) electrons. The number of aryl methyl sites for hydroxylation is 3. The Morgan fingerprint density at radius 1 is 1.30 bits per heavy atom. The third-order valence-electron chi connectivity index (χ3n) is 2.89. The van der Waals surface area contributed by atoms with E-state index in [0.717, 1.165) is 11.4 Å². The van der Waals surface area contributed by atoms with E-state index in [1.165, 1.54) is 5.56 Å². The number of aromatic nitrogens is 2. The van der Waals surface area contributed by atoms with E-state index in [0.29, 0.717) is 18.8 Å². The molecule has 0 saturated heterocycles. The summed E-state index contributed by atoms with van der Waals surface area (Å²) in [5.41, 5.74) is 2.06. The van der Waals surface area contributed by atoms with E-state index >= 15 is 0 Å². The van der Waals surface area contributed by atoms with Gasteiger partial charge in [-0.05, 0) is 26.0 Å². The van der Waals surface area contributed by atoms with Crippen LogP contribution in [0.2, 0.25) is 0 Å². The second-order valence-electron chi connectivity index (χ2n) is 4.75. The van der Waals surface area contributed by atoms with Crippen molar-refractivity contribution in [3.63, 3.8) is 0 Å². The Labute approximate surface area is 118 Å². The lowest BCUT2D eigenvalue weighted by molar-refractivity contribution is -0.116. The van der Waals surface area contributed by atoms with Crippen LogP contribution in [0.1, 0.15) is 17.7 Å². The molecule has 20 heavy (non-hydrogen) atoms. The Balaban J connectivity index is 1.78. The highest BCUT2D eigenvalue weighted by Crippen LogP contribution is 2.12. The van der Waals surface area contributed by atoms with Gasteiger partial charge in [-0.15, -0.1) is 0 Å². The Hall–Kier alpha value is -2.30. The number of nitrogens with one attached hydrogen (secondary N) is 1. The number of hydrogen-bond acceptors (Lipinski definition) is 3. The summed E-state index contributed by atoms with van der Waals surface area (Å²) in [7, 11) is 1.80. The molecule has 5 heteroatoms. The number of nitrogens with zero attached hydrogens (tertiary/aromatic N) is 2. The smallest absolute Gasteiger partial charge is 0.228 e. The highest BCUT2D eigenvalue weighted by atomic mass is 16.5. The van der Waals surface area contributed by atoms with Gasteiger partial charge in [0.15, 0.2) is 0 Å². The van der Waals surface area contributed by atoms with Gasteiger partial charge in [-0.3, -0.25) is 9.48 Å². The minimum absolute atomic E-state index is 0.0832. The van der Waals surface area contributed by atoms with E-state index in [4.69, 9.17) is 4.74 Å². The first kappa shape index (κ1) is 14.1. The number of anilines is 1. The van der Waals surface area contributed by atoms with Crippen molar-refractivity contribution in [2.24, 2.45) is 7.05 Å². The summed E-state index contributed by atoms with van der Waals surface area (Å²) in [6, 6.07) is 9.59. The molecule has 106 valence electrons. The monoisotopic (exact) mass is 273 g/mol. The van der Waals surface area contributed by atoms with Crippen LogP contribution in [0.4, 0.5) is 5.82 Å². The molecule has 0 spiro atoms. The number of hydrogen-bond donors (Lipinski definition) is 1. The summed E-state index contributed by atoms with van der Waals surface area (Å²) in [6.07, 6.45) is 0.304. The molecule has 5 nitrogen and oxygen atoms in total. The van der Waals surface area contributed by atoms with Gasteiger partial charge in [-0.2, -0.15) is 5.10 Å². The summed E-state index contributed by atoms with van der Waals surface area (Å²) in [5, 5.41) is 6.98. The normalized spacial score (nSPS) is 10.3. The molecule has 2 rings (SSSR count). The molecule has 1 amide bonds. The number of amides is 1. The van der Waals surface area contributed by atoms with Gasteiger partial charge in [0.2, 0.25) is 5.91 Å². The molecule has 0 aliphatic heterocycles. The minimum atomic E-state index is -0.0832. The largest absolute Gasteiger partial charge is 0.493 e. The van der Waals surface area contributed by atoms with Gasteiger partial charge < -0.3 is 10.1 Å². The van der Waals surface area contributed by atoms with Gasteiger partial charge in [-0.1, -0.05) is 17.7 Å². The van der Waals surface area contributed by atoms with Crippen molar-refractivity contribution in [3.05, 3.63) is 41.6 Å². The molecule has 1 heterocycles. The van der Waals surface area contributed by atoms with Crippen molar-refractivity contribution >= 4 is 11.7 Å².